The van der Waals surface area contributed by atoms with E-state index in [4.69, 9.17) is 5.73 Å². The highest BCUT2D eigenvalue weighted by Crippen LogP contribution is 2.42. The normalized spacial score (nSPS) is 13.1. The number of fused-ring (bicyclic) bond motifs is 2. The average Bonchev–Trinajstić information content (AvgIpc) is 2.91. The van der Waals surface area contributed by atoms with Crippen LogP contribution in [0.3, 0.4) is 0 Å². The Morgan fingerprint density at radius 3 is 2.35 bits per heavy atom. The van der Waals surface area contributed by atoms with Crippen molar-refractivity contribution < 1.29 is 15.0 Å². The van der Waals surface area contributed by atoms with Gasteiger partial charge in [-0.2, -0.15) is 0 Å². The molecule has 0 fully saturated rings. The summed E-state index contributed by atoms with van der Waals surface area (Å²) >= 11 is 0. The van der Waals surface area contributed by atoms with Gasteiger partial charge in [-0.05, 0) is 52.4 Å². The van der Waals surface area contributed by atoms with E-state index in [1.807, 2.05) is 0 Å². The van der Waals surface area contributed by atoms with Crippen molar-refractivity contribution in [2.24, 2.45) is 0 Å². The number of carbonyl (C=O) groups excluding carboxylic acids is 1. The van der Waals surface area contributed by atoms with Gasteiger partial charge in [-0.25, -0.2) is 0 Å². The number of amides is 1. The predicted molar refractivity (Wildman–Crippen MR) is 88.3 cm³/mol. The summed E-state index contributed by atoms with van der Waals surface area (Å²) < 4.78 is 0. The first-order chi connectivity index (χ1) is 11.1. The summed E-state index contributed by atoms with van der Waals surface area (Å²) in [6.07, 6.45) is 0. The SMILES string of the molecule is Nc1c2c(c(-c3ccc(O)cc3)c3cc(O)ccc13)CNC2=O. The molecule has 0 aliphatic carbocycles. The lowest BCUT2D eigenvalue weighted by atomic mass is 9.89. The molecule has 1 amide bonds. The van der Waals surface area contributed by atoms with E-state index < -0.39 is 0 Å². The van der Waals surface area contributed by atoms with Crippen molar-refractivity contribution in [1.29, 1.82) is 0 Å². The molecule has 114 valence electrons. The number of benzene rings is 3. The molecule has 1 aliphatic heterocycles. The Balaban J connectivity index is 2.17. The van der Waals surface area contributed by atoms with Crippen LogP contribution < -0.4 is 11.1 Å². The number of carbonyl (C=O) groups is 1. The molecule has 0 saturated heterocycles. The lowest BCUT2D eigenvalue weighted by molar-refractivity contribution is 0.0966. The average molecular weight is 306 g/mol. The van der Waals surface area contributed by atoms with Crippen LogP contribution in [0, 0.1) is 0 Å². The number of hydrogen-bond acceptors (Lipinski definition) is 4. The minimum Gasteiger partial charge on any atom is -0.508 e. The molecule has 3 aromatic carbocycles. The summed E-state index contributed by atoms with van der Waals surface area (Å²) in [4.78, 5) is 12.2. The van der Waals surface area contributed by atoms with Gasteiger partial charge in [0.1, 0.15) is 11.5 Å². The van der Waals surface area contributed by atoms with Gasteiger partial charge in [0.15, 0.2) is 0 Å². The fourth-order valence-electron chi connectivity index (χ4n) is 3.21. The highest BCUT2D eigenvalue weighted by atomic mass is 16.3. The zero-order valence-electron chi connectivity index (χ0n) is 12.1. The van der Waals surface area contributed by atoms with E-state index in [2.05, 4.69) is 5.32 Å². The standard InChI is InChI=1S/C18H14N2O3/c19-17-12-6-5-11(22)7-13(12)15(9-1-3-10(21)4-2-9)14-8-20-18(23)16(14)17/h1-7,21-22H,8,19H2,(H,20,23). The summed E-state index contributed by atoms with van der Waals surface area (Å²) in [7, 11) is 0. The van der Waals surface area contributed by atoms with Crippen LogP contribution in [0.5, 0.6) is 11.5 Å². The molecular formula is C18H14N2O3. The van der Waals surface area contributed by atoms with Gasteiger partial charge in [-0.1, -0.05) is 12.1 Å². The van der Waals surface area contributed by atoms with Crippen LogP contribution in [-0.2, 0) is 6.54 Å². The molecule has 0 aromatic heterocycles. The first kappa shape index (κ1) is 13.5. The second-order valence-corrected chi connectivity index (χ2v) is 5.60. The fraction of sp³-hybridized carbons (Fsp3) is 0.0556. The quantitative estimate of drug-likeness (QED) is 0.520. The highest BCUT2D eigenvalue weighted by Gasteiger charge is 2.28. The maximum Gasteiger partial charge on any atom is 0.254 e. The third kappa shape index (κ3) is 1.90. The van der Waals surface area contributed by atoms with Crippen molar-refractivity contribution >= 4 is 22.4 Å². The third-order valence-electron chi connectivity index (χ3n) is 4.24. The van der Waals surface area contributed by atoms with Gasteiger partial charge in [-0.3, -0.25) is 4.79 Å². The smallest absolute Gasteiger partial charge is 0.254 e. The summed E-state index contributed by atoms with van der Waals surface area (Å²) in [6.45, 7) is 0.389. The first-order valence-corrected chi connectivity index (χ1v) is 7.21. The molecule has 5 nitrogen and oxygen atoms in total. The molecule has 23 heavy (non-hydrogen) atoms. The Labute approximate surface area is 132 Å². The number of rotatable bonds is 1. The van der Waals surface area contributed by atoms with Crippen LogP contribution in [0.15, 0.2) is 42.5 Å². The van der Waals surface area contributed by atoms with Gasteiger partial charge in [-0.15, -0.1) is 0 Å². The molecule has 0 atom stereocenters. The van der Waals surface area contributed by atoms with E-state index in [9.17, 15) is 15.0 Å². The molecule has 0 radical (unpaired) electrons. The van der Waals surface area contributed by atoms with Crippen LogP contribution in [0.25, 0.3) is 21.9 Å². The molecule has 0 saturated carbocycles. The van der Waals surface area contributed by atoms with Crippen LogP contribution in [0.2, 0.25) is 0 Å². The molecule has 5 N–H and O–H groups in total. The predicted octanol–water partition coefficient (Wildman–Crippen LogP) is 2.74. The highest BCUT2D eigenvalue weighted by molar-refractivity contribution is 6.16. The number of nitrogens with one attached hydrogen (secondary N) is 1. The zero-order valence-corrected chi connectivity index (χ0v) is 12.1. The molecule has 1 heterocycles. The minimum absolute atomic E-state index is 0.133. The van der Waals surface area contributed by atoms with E-state index in [0.29, 0.717) is 17.8 Å². The molecule has 3 aromatic rings. The molecule has 5 heteroatoms. The van der Waals surface area contributed by atoms with Crippen molar-refractivity contribution in [2.75, 3.05) is 5.73 Å². The Bertz CT molecular complexity index is 962. The number of aromatic hydroxyl groups is 2. The maximum atomic E-state index is 12.2. The minimum atomic E-state index is -0.187. The molecule has 1 aliphatic rings. The van der Waals surface area contributed by atoms with Crippen molar-refractivity contribution in [3.05, 3.63) is 53.6 Å². The summed E-state index contributed by atoms with van der Waals surface area (Å²) in [5.74, 6) is 0.115. The van der Waals surface area contributed by atoms with Gasteiger partial charge in [0.25, 0.3) is 5.91 Å². The van der Waals surface area contributed by atoms with E-state index in [0.717, 1.165) is 27.5 Å². The third-order valence-corrected chi connectivity index (χ3v) is 4.24. The Morgan fingerprint density at radius 2 is 1.61 bits per heavy atom. The van der Waals surface area contributed by atoms with E-state index in [1.54, 1.807) is 42.5 Å². The Hall–Kier alpha value is -3.21. The summed E-state index contributed by atoms with van der Waals surface area (Å²) in [5, 5.41) is 23.7. The fourth-order valence-corrected chi connectivity index (χ4v) is 3.21. The number of nitrogens with two attached hydrogens (primary N) is 1. The molecule has 0 bridgehead atoms. The van der Waals surface area contributed by atoms with E-state index in [1.165, 1.54) is 0 Å². The lowest BCUT2D eigenvalue weighted by Gasteiger charge is -2.15. The van der Waals surface area contributed by atoms with Crippen molar-refractivity contribution in [1.82, 2.24) is 5.32 Å². The number of phenols is 2. The second kappa shape index (κ2) is 4.64. The number of phenolic OH excluding ortho intramolecular Hbond substituents is 2. The van der Waals surface area contributed by atoms with Gasteiger partial charge in [0.05, 0.1) is 11.3 Å². The zero-order chi connectivity index (χ0) is 16.1. The molecule has 0 unspecified atom stereocenters. The number of nitrogen functional groups attached to an aromatic ring is 1. The molecule has 0 spiro atoms. The summed E-state index contributed by atoms with van der Waals surface area (Å²) in [6, 6.07) is 11.7. The van der Waals surface area contributed by atoms with Crippen LogP contribution in [0.1, 0.15) is 15.9 Å². The number of anilines is 1. The largest absolute Gasteiger partial charge is 0.508 e. The molecule has 4 rings (SSSR count). The Kier molecular flexibility index (Phi) is 2.72. The van der Waals surface area contributed by atoms with Gasteiger partial charge >= 0.3 is 0 Å². The van der Waals surface area contributed by atoms with Crippen LogP contribution in [0.4, 0.5) is 5.69 Å². The van der Waals surface area contributed by atoms with Crippen molar-refractivity contribution in [2.45, 2.75) is 6.54 Å². The van der Waals surface area contributed by atoms with Crippen molar-refractivity contribution in [3.8, 4) is 22.6 Å². The van der Waals surface area contributed by atoms with Crippen LogP contribution >= 0.6 is 0 Å². The first-order valence-electron chi connectivity index (χ1n) is 7.21. The second-order valence-electron chi connectivity index (χ2n) is 5.60. The topological polar surface area (TPSA) is 95.6 Å². The van der Waals surface area contributed by atoms with Gasteiger partial charge in [0, 0.05) is 11.9 Å². The lowest BCUT2D eigenvalue weighted by Crippen LogP contribution is -2.13. The monoisotopic (exact) mass is 306 g/mol. The molecular weight excluding hydrogens is 292 g/mol. The summed E-state index contributed by atoms with van der Waals surface area (Å²) in [5.41, 5.74) is 9.63. The van der Waals surface area contributed by atoms with E-state index >= 15 is 0 Å². The maximum absolute atomic E-state index is 12.2. The van der Waals surface area contributed by atoms with Crippen molar-refractivity contribution in [3.63, 3.8) is 0 Å². The van der Waals surface area contributed by atoms with E-state index in [-0.39, 0.29) is 17.4 Å². The Morgan fingerprint density at radius 1 is 0.913 bits per heavy atom. The van der Waals surface area contributed by atoms with Gasteiger partial charge < -0.3 is 21.3 Å². The number of hydrogen-bond donors (Lipinski definition) is 4. The van der Waals surface area contributed by atoms with Crippen LogP contribution in [-0.4, -0.2) is 16.1 Å². The van der Waals surface area contributed by atoms with Gasteiger partial charge in [0.2, 0.25) is 0 Å².